The number of aromatic amines is 2. The molecule has 8 heteroatoms. The molecule has 0 spiro atoms. The standard InChI is InChI=1S/C36H40N4O4/c1-9-21-17(4)24-13-26-19(6)23(12-11-16(3)41)33(39-26)31-32(36(43)44-8)35(42)30-20(7)27(40-34(30)31)15-29-22(10-2)18(5)25(38-29)14-28(21)37-24/h9,13-15,19,23,32,35,37-38,42H,1,10-12H2,2-8H3. The lowest BCUT2D eigenvalue weighted by Crippen LogP contribution is -2.24. The number of methoxy groups -OCH3 is 1. The molecule has 0 radical (unpaired) electrons. The second-order valence-electron chi connectivity index (χ2n) is 12.3. The number of hydrogen-bond donors (Lipinski definition) is 3. The molecule has 3 aromatic rings. The Hall–Kier alpha value is -4.30. The second-order valence-corrected chi connectivity index (χ2v) is 12.3. The number of ketones is 1. The number of nitrogens with zero attached hydrogens (tertiary/aromatic N) is 2. The third-order valence-electron chi connectivity index (χ3n) is 9.90. The van der Waals surface area contributed by atoms with E-state index in [2.05, 4.69) is 56.4 Å². The molecule has 3 aromatic heterocycles. The summed E-state index contributed by atoms with van der Waals surface area (Å²) in [7, 11) is 1.34. The Kier molecular flexibility index (Phi) is 7.44. The van der Waals surface area contributed by atoms with E-state index < -0.39 is 18.0 Å². The van der Waals surface area contributed by atoms with Crippen molar-refractivity contribution < 1.29 is 19.4 Å². The van der Waals surface area contributed by atoms with Gasteiger partial charge in [-0.05, 0) is 81.0 Å². The normalized spacial score (nSPS) is 20.7. The zero-order valence-electron chi connectivity index (χ0n) is 26.5. The van der Waals surface area contributed by atoms with Crippen LogP contribution in [0.1, 0.15) is 109 Å². The summed E-state index contributed by atoms with van der Waals surface area (Å²) in [5.74, 6) is -1.59. The van der Waals surface area contributed by atoms with Gasteiger partial charge in [-0.1, -0.05) is 26.5 Å². The summed E-state index contributed by atoms with van der Waals surface area (Å²) >= 11 is 0. The van der Waals surface area contributed by atoms with Crippen LogP contribution in [-0.2, 0) is 20.7 Å². The van der Waals surface area contributed by atoms with Crippen molar-refractivity contribution in [2.75, 3.05) is 7.11 Å². The van der Waals surface area contributed by atoms with Crippen molar-refractivity contribution in [1.82, 2.24) is 19.9 Å². The highest BCUT2D eigenvalue weighted by atomic mass is 16.5. The van der Waals surface area contributed by atoms with Crippen LogP contribution in [0.4, 0.5) is 0 Å². The summed E-state index contributed by atoms with van der Waals surface area (Å²) < 4.78 is 5.22. The lowest BCUT2D eigenvalue weighted by Gasteiger charge is -2.20. The average molecular weight is 593 g/mol. The summed E-state index contributed by atoms with van der Waals surface area (Å²) in [6.07, 6.45) is 2.53. The van der Waals surface area contributed by atoms with E-state index in [1.807, 2.05) is 19.1 Å². The number of esters is 1. The molecule has 0 saturated heterocycles. The zero-order valence-corrected chi connectivity index (χ0v) is 26.5. The minimum atomic E-state index is -1.12. The number of ether oxygens (including phenoxy) is 1. The fourth-order valence-electron chi connectivity index (χ4n) is 7.36. The monoisotopic (exact) mass is 592 g/mol. The fraction of sp³-hybridized carbons (Fsp3) is 0.389. The topological polar surface area (TPSA) is 121 Å². The van der Waals surface area contributed by atoms with Crippen LogP contribution in [0, 0.1) is 13.8 Å². The average Bonchev–Trinajstić information content (AvgIpc) is 3.72. The number of aliphatic hydroxyl groups is 1. The third kappa shape index (κ3) is 4.46. The molecule has 228 valence electrons. The van der Waals surface area contributed by atoms with Crippen molar-refractivity contribution >= 4 is 51.0 Å². The zero-order chi connectivity index (χ0) is 31.6. The maximum Gasteiger partial charge on any atom is 0.316 e. The highest BCUT2D eigenvalue weighted by molar-refractivity contribution is 6.02. The Morgan fingerprint density at radius 2 is 1.75 bits per heavy atom. The summed E-state index contributed by atoms with van der Waals surface area (Å²) in [5.41, 5.74) is 13.2. The molecule has 44 heavy (non-hydrogen) atoms. The molecule has 5 heterocycles. The quantitative estimate of drug-likeness (QED) is 0.266. The highest BCUT2D eigenvalue weighted by Gasteiger charge is 2.48. The molecule has 6 rings (SSSR count). The summed E-state index contributed by atoms with van der Waals surface area (Å²) in [6.45, 7) is 16.1. The summed E-state index contributed by atoms with van der Waals surface area (Å²) in [6, 6.07) is 6.24. The number of hydrogen-bond acceptors (Lipinski definition) is 6. The molecule has 0 fully saturated rings. The van der Waals surface area contributed by atoms with Gasteiger partial charge >= 0.3 is 5.97 Å². The van der Waals surface area contributed by atoms with Gasteiger partial charge in [-0.3, -0.25) is 9.78 Å². The van der Waals surface area contributed by atoms with Crippen LogP contribution in [0.5, 0.6) is 0 Å². The molecule has 4 atom stereocenters. The number of Topliss-reactive ketones (excluding diaryl/α,β-unsaturated/α-hetero) is 1. The smallest absolute Gasteiger partial charge is 0.316 e. The number of carbonyl (C=O) groups excluding carboxylic acids is 2. The molecule has 0 saturated carbocycles. The van der Waals surface area contributed by atoms with Crippen molar-refractivity contribution in [2.45, 2.75) is 84.7 Å². The number of H-pyrrole nitrogens is 2. The maximum atomic E-state index is 13.3. The number of fused-ring (bicyclic) bond motifs is 8. The molecule has 0 aromatic carbocycles. The van der Waals surface area contributed by atoms with Crippen LogP contribution >= 0.6 is 0 Å². The van der Waals surface area contributed by atoms with E-state index in [1.165, 1.54) is 12.7 Å². The van der Waals surface area contributed by atoms with Crippen molar-refractivity contribution in [2.24, 2.45) is 0 Å². The van der Waals surface area contributed by atoms with Gasteiger partial charge in [0.2, 0.25) is 0 Å². The second kappa shape index (κ2) is 11.0. The Balaban J connectivity index is 1.82. The number of rotatable bonds is 6. The number of aliphatic hydroxyl groups excluding tert-OH is 1. The molecular formula is C36H40N4O4. The SMILES string of the molecule is C=Cc1c(C)c2cc3nc(c4c5nc(cc6[nH]c(cc1[nH]2)c(C)c6CC)C(C)=C5C(O)C4C(=O)OC)C(CCC(C)=O)C3C. The largest absolute Gasteiger partial charge is 0.468 e. The number of aromatic nitrogens is 4. The number of nitrogens with one attached hydrogen (secondary N) is 2. The molecule has 3 N–H and O–H groups in total. The van der Waals surface area contributed by atoms with Crippen molar-refractivity contribution in [3.05, 3.63) is 75.4 Å². The number of aryl methyl sites for hydroxylation is 3. The molecule has 2 aliphatic heterocycles. The van der Waals surface area contributed by atoms with E-state index in [1.54, 1.807) is 6.92 Å². The van der Waals surface area contributed by atoms with Gasteiger partial charge in [0.1, 0.15) is 11.7 Å². The number of allylic oxidation sites excluding steroid dienone is 1. The van der Waals surface area contributed by atoms with Gasteiger partial charge in [0.25, 0.3) is 0 Å². The Labute approximate surface area is 257 Å². The fourth-order valence-corrected chi connectivity index (χ4v) is 7.36. The molecule has 8 bridgehead atoms. The lowest BCUT2D eigenvalue weighted by molar-refractivity contribution is -0.144. The molecule has 1 aliphatic carbocycles. The Morgan fingerprint density at radius 3 is 2.41 bits per heavy atom. The van der Waals surface area contributed by atoms with E-state index in [9.17, 15) is 14.7 Å². The minimum absolute atomic E-state index is 0.0451. The van der Waals surface area contributed by atoms with Gasteiger partial charge in [0.15, 0.2) is 0 Å². The minimum Gasteiger partial charge on any atom is -0.468 e. The van der Waals surface area contributed by atoms with Crippen LogP contribution in [-0.4, -0.2) is 50.0 Å². The molecule has 8 nitrogen and oxygen atoms in total. The molecule has 3 aliphatic rings. The van der Waals surface area contributed by atoms with E-state index >= 15 is 0 Å². The molecule has 4 unspecified atom stereocenters. The maximum absolute atomic E-state index is 13.3. The van der Waals surface area contributed by atoms with Gasteiger partial charge in [0, 0.05) is 62.7 Å². The first-order chi connectivity index (χ1) is 21.0. The first-order valence-corrected chi connectivity index (χ1v) is 15.4. The van der Waals surface area contributed by atoms with Gasteiger partial charge < -0.3 is 24.6 Å². The van der Waals surface area contributed by atoms with Crippen molar-refractivity contribution in [1.29, 1.82) is 0 Å². The van der Waals surface area contributed by atoms with E-state index in [0.717, 1.165) is 62.1 Å². The van der Waals surface area contributed by atoms with Crippen LogP contribution < -0.4 is 0 Å². The Bertz CT molecular complexity index is 1940. The predicted octanol–water partition coefficient (Wildman–Crippen LogP) is 6.96. The number of carbonyl (C=O) groups is 2. The van der Waals surface area contributed by atoms with Crippen molar-refractivity contribution in [3.8, 4) is 0 Å². The first kappa shape index (κ1) is 29.8. The predicted molar refractivity (Wildman–Crippen MR) is 174 cm³/mol. The first-order valence-electron chi connectivity index (χ1n) is 15.4. The molecular weight excluding hydrogens is 552 g/mol. The van der Waals surface area contributed by atoms with Crippen LogP contribution in [0.25, 0.3) is 39.3 Å². The van der Waals surface area contributed by atoms with E-state index in [4.69, 9.17) is 14.7 Å². The van der Waals surface area contributed by atoms with Crippen LogP contribution in [0.2, 0.25) is 0 Å². The van der Waals surface area contributed by atoms with Gasteiger partial charge in [-0.25, -0.2) is 4.98 Å². The van der Waals surface area contributed by atoms with Gasteiger partial charge in [0.05, 0.1) is 30.3 Å². The highest BCUT2D eigenvalue weighted by Crippen LogP contribution is 2.52. The van der Waals surface area contributed by atoms with E-state index in [0.29, 0.717) is 35.4 Å². The van der Waals surface area contributed by atoms with Crippen LogP contribution in [0.15, 0.2) is 24.8 Å². The third-order valence-corrected chi connectivity index (χ3v) is 9.90. The summed E-state index contributed by atoms with van der Waals surface area (Å²) in [5, 5.41) is 11.7. The van der Waals surface area contributed by atoms with Crippen molar-refractivity contribution in [3.63, 3.8) is 0 Å². The van der Waals surface area contributed by atoms with Gasteiger partial charge in [-0.2, -0.15) is 0 Å². The molecule has 0 amide bonds. The van der Waals surface area contributed by atoms with E-state index in [-0.39, 0.29) is 17.6 Å². The summed E-state index contributed by atoms with van der Waals surface area (Å²) in [4.78, 5) is 43.0. The van der Waals surface area contributed by atoms with Gasteiger partial charge in [-0.15, -0.1) is 0 Å². The Morgan fingerprint density at radius 1 is 1.05 bits per heavy atom. The lowest BCUT2D eigenvalue weighted by atomic mass is 9.83. The van der Waals surface area contributed by atoms with Crippen LogP contribution in [0.3, 0.4) is 0 Å².